The minimum absolute atomic E-state index is 0.174. The van der Waals surface area contributed by atoms with Gasteiger partial charge in [-0.15, -0.1) is 0 Å². The lowest BCUT2D eigenvalue weighted by molar-refractivity contribution is -0.114. The third-order valence-corrected chi connectivity index (χ3v) is 3.88. The molecule has 1 amide bonds. The fourth-order valence-electron chi connectivity index (χ4n) is 2.68. The summed E-state index contributed by atoms with van der Waals surface area (Å²) in [6, 6.07) is 9.95. The average Bonchev–Trinajstić information content (AvgIpc) is 2.57. The van der Waals surface area contributed by atoms with Crippen LogP contribution in [0.3, 0.4) is 0 Å². The summed E-state index contributed by atoms with van der Waals surface area (Å²) in [7, 11) is 0. The maximum Gasteiger partial charge on any atom is 0.270 e. The Kier molecular flexibility index (Phi) is 6.02. The monoisotopic (exact) mass is 297 g/mol. The van der Waals surface area contributed by atoms with Crippen molar-refractivity contribution < 1.29 is 4.79 Å². The number of para-hydroxylation sites is 1. The van der Waals surface area contributed by atoms with Crippen molar-refractivity contribution in [1.82, 2.24) is 5.32 Å². The highest BCUT2D eigenvalue weighted by Gasteiger charge is 2.24. The van der Waals surface area contributed by atoms with E-state index in [9.17, 15) is 10.1 Å². The smallest absolute Gasteiger partial charge is 0.270 e. The third kappa shape index (κ3) is 3.88. The molecule has 2 rings (SSSR count). The molecule has 1 heterocycles. The number of aryl methyl sites for hydroxylation is 1. The number of unbranched alkanes of at least 4 members (excludes halogenated alkanes) is 2. The fraction of sp³-hybridized carbons (Fsp3) is 0.444. The van der Waals surface area contributed by atoms with Gasteiger partial charge >= 0.3 is 0 Å². The minimum Gasteiger partial charge on any atom is -0.390 e. The number of benzene rings is 1. The normalized spacial score (nSPS) is 14.2. The zero-order valence-electron chi connectivity index (χ0n) is 13.1. The van der Waals surface area contributed by atoms with Gasteiger partial charge in [-0.2, -0.15) is 5.26 Å². The number of anilines is 1. The Morgan fingerprint density at radius 1 is 1.41 bits per heavy atom. The summed E-state index contributed by atoms with van der Waals surface area (Å²) >= 11 is 0. The number of hydrogen-bond donors (Lipinski definition) is 1. The van der Waals surface area contributed by atoms with Crippen molar-refractivity contribution in [3.05, 3.63) is 41.6 Å². The van der Waals surface area contributed by atoms with Gasteiger partial charge in [-0.3, -0.25) is 4.79 Å². The van der Waals surface area contributed by atoms with Crippen LogP contribution in [0.25, 0.3) is 0 Å². The molecule has 4 nitrogen and oxygen atoms in total. The van der Waals surface area contributed by atoms with Crippen molar-refractivity contribution in [3.8, 4) is 6.07 Å². The molecular formula is C18H23N3O. The predicted octanol–water partition coefficient (Wildman–Crippen LogP) is 3.15. The second kappa shape index (κ2) is 8.23. The summed E-state index contributed by atoms with van der Waals surface area (Å²) in [5.41, 5.74) is 2.29. The molecule has 0 saturated carbocycles. The number of nitriles is 1. The molecule has 1 aromatic rings. The van der Waals surface area contributed by atoms with Crippen LogP contribution in [0.4, 0.5) is 5.69 Å². The van der Waals surface area contributed by atoms with Crippen molar-refractivity contribution in [2.24, 2.45) is 0 Å². The Morgan fingerprint density at radius 3 is 3.00 bits per heavy atom. The number of fused-ring (bicyclic) bond motifs is 1. The first kappa shape index (κ1) is 16.1. The fourth-order valence-corrected chi connectivity index (χ4v) is 2.68. The van der Waals surface area contributed by atoms with Gasteiger partial charge in [0.25, 0.3) is 5.91 Å². The zero-order valence-corrected chi connectivity index (χ0v) is 13.1. The Hall–Kier alpha value is -2.28. The highest BCUT2D eigenvalue weighted by Crippen LogP contribution is 2.27. The molecular weight excluding hydrogens is 274 g/mol. The molecule has 116 valence electrons. The van der Waals surface area contributed by atoms with E-state index >= 15 is 0 Å². The lowest BCUT2D eigenvalue weighted by Crippen LogP contribution is -2.36. The van der Waals surface area contributed by atoms with Crippen LogP contribution in [0.2, 0.25) is 0 Å². The number of rotatable bonds is 6. The molecule has 4 heteroatoms. The maximum atomic E-state index is 12.6. The topological polar surface area (TPSA) is 56.1 Å². The van der Waals surface area contributed by atoms with Crippen LogP contribution in [-0.2, 0) is 11.2 Å². The van der Waals surface area contributed by atoms with Crippen LogP contribution in [-0.4, -0.2) is 19.0 Å². The number of nitrogens with zero attached hydrogens (tertiary/aromatic N) is 2. The van der Waals surface area contributed by atoms with E-state index in [1.54, 1.807) is 11.1 Å². The van der Waals surface area contributed by atoms with Gasteiger partial charge in [-0.1, -0.05) is 38.0 Å². The van der Waals surface area contributed by atoms with Gasteiger partial charge in [-0.25, -0.2) is 0 Å². The van der Waals surface area contributed by atoms with Crippen LogP contribution in [0.1, 0.15) is 38.2 Å². The van der Waals surface area contributed by atoms with E-state index in [1.165, 1.54) is 5.56 Å². The molecule has 1 aromatic carbocycles. The molecule has 0 unspecified atom stereocenters. The van der Waals surface area contributed by atoms with Crippen LogP contribution < -0.4 is 10.2 Å². The summed E-state index contributed by atoms with van der Waals surface area (Å²) in [5, 5.41) is 12.4. The van der Waals surface area contributed by atoms with E-state index < -0.39 is 0 Å². The molecule has 0 fully saturated rings. The van der Waals surface area contributed by atoms with Gasteiger partial charge < -0.3 is 10.2 Å². The molecule has 0 radical (unpaired) electrons. The van der Waals surface area contributed by atoms with Crippen LogP contribution in [0.15, 0.2) is 36.0 Å². The van der Waals surface area contributed by atoms with E-state index in [1.807, 2.05) is 30.3 Å². The predicted molar refractivity (Wildman–Crippen MR) is 88.3 cm³/mol. The van der Waals surface area contributed by atoms with Crippen molar-refractivity contribution >= 4 is 11.6 Å². The first-order valence-electron chi connectivity index (χ1n) is 8.01. The van der Waals surface area contributed by atoms with Crippen molar-refractivity contribution in [2.45, 2.75) is 39.0 Å². The second-order valence-corrected chi connectivity index (χ2v) is 5.52. The Bertz CT molecular complexity index is 586. The van der Waals surface area contributed by atoms with Crippen LogP contribution in [0.5, 0.6) is 0 Å². The van der Waals surface area contributed by atoms with Gasteiger partial charge in [0.1, 0.15) is 11.6 Å². The first-order valence-corrected chi connectivity index (χ1v) is 8.01. The first-order chi connectivity index (χ1) is 10.8. The number of nitrogens with one attached hydrogen (secondary N) is 1. The summed E-state index contributed by atoms with van der Waals surface area (Å²) in [6.07, 6.45) is 6.84. The SMILES string of the molecule is CCCCCN/C=C(/C#N)C(=O)N1CCCc2ccccc21. The number of carbonyl (C=O) groups excluding carboxylic acids is 1. The van der Waals surface area contributed by atoms with E-state index in [0.717, 1.165) is 44.3 Å². The zero-order chi connectivity index (χ0) is 15.8. The van der Waals surface area contributed by atoms with Crippen molar-refractivity contribution in [1.29, 1.82) is 5.26 Å². The standard InChI is InChI=1S/C18H23N3O/c1-2-3-6-11-20-14-16(13-19)18(22)21-12-7-9-15-8-4-5-10-17(15)21/h4-5,8,10,14,20H,2-3,6-7,9,11-12H2,1H3/b16-14-. The van der Waals surface area contributed by atoms with Crippen molar-refractivity contribution in [2.75, 3.05) is 18.0 Å². The van der Waals surface area contributed by atoms with E-state index in [-0.39, 0.29) is 11.5 Å². The van der Waals surface area contributed by atoms with Gasteiger partial charge in [-0.05, 0) is 30.9 Å². The Balaban J connectivity index is 2.06. The number of amides is 1. The maximum absolute atomic E-state index is 12.6. The van der Waals surface area contributed by atoms with Crippen molar-refractivity contribution in [3.63, 3.8) is 0 Å². The number of hydrogen-bond acceptors (Lipinski definition) is 3. The third-order valence-electron chi connectivity index (χ3n) is 3.88. The molecule has 1 aliphatic rings. The van der Waals surface area contributed by atoms with Gasteiger partial charge in [0.15, 0.2) is 0 Å². The lowest BCUT2D eigenvalue weighted by Gasteiger charge is -2.29. The Morgan fingerprint density at radius 2 is 2.23 bits per heavy atom. The van der Waals surface area contributed by atoms with E-state index in [4.69, 9.17) is 0 Å². The van der Waals surface area contributed by atoms with Crippen LogP contribution >= 0.6 is 0 Å². The molecule has 1 N–H and O–H groups in total. The summed E-state index contributed by atoms with van der Waals surface area (Å²) in [5.74, 6) is -0.211. The highest BCUT2D eigenvalue weighted by molar-refractivity contribution is 6.08. The van der Waals surface area contributed by atoms with Gasteiger partial charge in [0.05, 0.1) is 0 Å². The molecule has 0 saturated heterocycles. The van der Waals surface area contributed by atoms with E-state index in [2.05, 4.69) is 12.2 Å². The van der Waals surface area contributed by atoms with Crippen LogP contribution in [0, 0.1) is 11.3 Å². The van der Waals surface area contributed by atoms with E-state index in [0.29, 0.717) is 6.54 Å². The summed E-state index contributed by atoms with van der Waals surface area (Å²) in [6.45, 7) is 3.61. The van der Waals surface area contributed by atoms with Gasteiger partial charge in [0, 0.05) is 25.0 Å². The molecule has 1 aliphatic heterocycles. The summed E-state index contributed by atoms with van der Waals surface area (Å²) < 4.78 is 0. The molecule has 0 aliphatic carbocycles. The number of carbonyl (C=O) groups is 1. The molecule has 0 bridgehead atoms. The minimum atomic E-state index is -0.211. The lowest BCUT2D eigenvalue weighted by atomic mass is 10.0. The molecule has 0 aromatic heterocycles. The largest absolute Gasteiger partial charge is 0.390 e. The molecule has 0 spiro atoms. The second-order valence-electron chi connectivity index (χ2n) is 5.52. The molecule has 22 heavy (non-hydrogen) atoms. The average molecular weight is 297 g/mol. The Labute approximate surface area is 132 Å². The molecule has 0 atom stereocenters. The summed E-state index contributed by atoms with van der Waals surface area (Å²) in [4.78, 5) is 14.3. The highest BCUT2D eigenvalue weighted by atomic mass is 16.2. The quantitative estimate of drug-likeness (QED) is 0.498. The van der Waals surface area contributed by atoms with Gasteiger partial charge in [0.2, 0.25) is 0 Å².